The molecular weight excluding hydrogens is 368 g/mol. The normalized spacial score (nSPS) is 10.8. The third-order valence-electron chi connectivity index (χ3n) is 4.30. The summed E-state index contributed by atoms with van der Waals surface area (Å²) < 4.78 is 11.8. The smallest absolute Gasteiger partial charge is 0.338 e. The van der Waals surface area contributed by atoms with Crippen LogP contribution in [0.5, 0.6) is 0 Å². The third kappa shape index (κ3) is 4.36. The fourth-order valence-corrected chi connectivity index (χ4v) is 2.98. The Morgan fingerprint density at radius 2 is 1.79 bits per heavy atom. The molecule has 0 aliphatic heterocycles. The van der Waals surface area contributed by atoms with Gasteiger partial charge < -0.3 is 14.0 Å². The number of esters is 2. The van der Waals surface area contributed by atoms with Gasteiger partial charge in [-0.3, -0.25) is 0 Å². The number of hydrogen-bond acceptors (Lipinski definition) is 5. The minimum atomic E-state index is -0.410. The molecule has 0 N–H and O–H groups in total. The summed E-state index contributed by atoms with van der Waals surface area (Å²) in [5.74, 6) is -0.778. The lowest BCUT2D eigenvalue weighted by Crippen LogP contribution is -2.04. The number of aromatic nitrogens is 1. The van der Waals surface area contributed by atoms with Crippen LogP contribution in [0.2, 0.25) is 0 Å². The molecular formula is C23H20N2O4. The van der Waals surface area contributed by atoms with E-state index in [2.05, 4.69) is 6.07 Å². The first-order valence-electron chi connectivity index (χ1n) is 9.25. The average Bonchev–Trinajstić information content (AvgIpc) is 3.11. The molecule has 2 aromatic carbocycles. The van der Waals surface area contributed by atoms with Crippen molar-refractivity contribution in [3.63, 3.8) is 0 Å². The second-order valence-electron chi connectivity index (χ2n) is 6.15. The number of rotatable bonds is 6. The van der Waals surface area contributed by atoms with Gasteiger partial charge in [0.1, 0.15) is 6.07 Å². The summed E-state index contributed by atoms with van der Waals surface area (Å²) in [5.41, 5.74) is 3.44. The summed E-state index contributed by atoms with van der Waals surface area (Å²) in [6, 6.07) is 14.8. The predicted molar refractivity (Wildman–Crippen MR) is 110 cm³/mol. The molecule has 1 heterocycles. The second-order valence-corrected chi connectivity index (χ2v) is 6.15. The molecule has 6 heteroatoms. The van der Waals surface area contributed by atoms with E-state index in [0.717, 1.165) is 22.2 Å². The van der Waals surface area contributed by atoms with Crippen LogP contribution in [0.1, 0.15) is 35.3 Å². The van der Waals surface area contributed by atoms with E-state index in [4.69, 9.17) is 9.47 Å². The van der Waals surface area contributed by atoms with Crippen molar-refractivity contribution in [2.24, 2.45) is 0 Å². The maximum absolute atomic E-state index is 11.8. The molecule has 29 heavy (non-hydrogen) atoms. The number of carbonyl (C=O) groups excluding carboxylic acids is 2. The minimum absolute atomic E-state index is 0.318. The third-order valence-corrected chi connectivity index (χ3v) is 4.30. The summed E-state index contributed by atoms with van der Waals surface area (Å²) in [6.07, 6.45) is 4.77. The number of hydrogen-bond donors (Lipinski definition) is 0. The van der Waals surface area contributed by atoms with Crippen molar-refractivity contribution in [2.45, 2.75) is 13.8 Å². The summed E-state index contributed by atoms with van der Waals surface area (Å²) in [7, 11) is 0. The first kappa shape index (κ1) is 19.9. The van der Waals surface area contributed by atoms with Crippen molar-refractivity contribution >= 4 is 28.9 Å². The van der Waals surface area contributed by atoms with Gasteiger partial charge in [0.25, 0.3) is 0 Å². The van der Waals surface area contributed by atoms with E-state index in [1.165, 1.54) is 6.08 Å². The lowest BCUT2D eigenvalue weighted by Gasteiger charge is -2.07. The number of nitrogens with zero attached hydrogens (tertiary/aromatic N) is 2. The van der Waals surface area contributed by atoms with Gasteiger partial charge in [0.15, 0.2) is 0 Å². The molecule has 0 bridgehead atoms. The molecule has 0 unspecified atom stereocenters. The predicted octanol–water partition coefficient (Wildman–Crippen LogP) is 4.26. The molecule has 0 aliphatic rings. The lowest BCUT2D eigenvalue weighted by atomic mass is 10.1. The van der Waals surface area contributed by atoms with Crippen LogP contribution in [-0.2, 0) is 14.3 Å². The maximum Gasteiger partial charge on any atom is 0.338 e. The number of ether oxygens (including phenoxy) is 2. The first-order valence-corrected chi connectivity index (χ1v) is 9.25. The number of benzene rings is 2. The zero-order chi connectivity index (χ0) is 20.8. The topological polar surface area (TPSA) is 81.3 Å². The molecule has 0 radical (unpaired) electrons. The quantitative estimate of drug-likeness (QED) is 0.466. The Hall–Kier alpha value is -3.85. The highest BCUT2D eigenvalue weighted by Crippen LogP contribution is 2.26. The second kappa shape index (κ2) is 8.89. The zero-order valence-electron chi connectivity index (χ0n) is 16.2. The van der Waals surface area contributed by atoms with Gasteiger partial charge in [-0.05, 0) is 61.9 Å². The molecule has 1 aromatic heterocycles. The Morgan fingerprint density at radius 3 is 2.45 bits per heavy atom. The van der Waals surface area contributed by atoms with Crippen molar-refractivity contribution in [1.29, 1.82) is 5.26 Å². The Labute approximate surface area is 168 Å². The minimum Gasteiger partial charge on any atom is -0.463 e. The van der Waals surface area contributed by atoms with Gasteiger partial charge in [-0.15, -0.1) is 0 Å². The van der Waals surface area contributed by atoms with Crippen LogP contribution in [0.4, 0.5) is 0 Å². The Morgan fingerprint density at radius 1 is 1.07 bits per heavy atom. The summed E-state index contributed by atoms with van der Waals surface area (Å²) in [5, 5.41) is 10.3. The van der Waals surface area contributed by atoms with E-state index in [1.54, 1.807) is 50.4 Å². The van der Waals surface area contributed by atoms with Gasteiger partial charge >= 0.3 is 11.9 Å². The van der Waals surface area contributed by atoms with E-state index in [9.17, 15) is 14.9 Å². The molecule has 0 atom stereocenters. The maximum atomic E-state index is 11.8. The molecule has 3 aromatic rings. The fraction of sp³-hybridized carbons (Fsp3) is 0.174. The highest BCUT2D eigenvalue weighted by molar-refractivity contribution is 5.92. The van der Waals surface area contributed by atoms with Crippen molar-refractivity contribution in [2.75, 3.05) is 13.2 Å². The Kier molecular flexibility index (Phi) is 6.10. The SMILES string of the molecule is CCOC(=O)C=Cc1ccc2c(c1)c(C#N)cn2-c1ccc(C(=O)OCC)cc1. The number of fused-ring (bicyclic) bond motifs is 1. The van der Waals surface area contributed by atoms with Gasteiger partial charge in [-0.1, -0.05) is 6.07 Å². The van der Waals surface area contributed by atoms with Crippen molar-refractivity contribution in [3.8, 4) is 11.8 Å². The number of nitriles is 1. The van der Waals surface area contributed by atoms with Crippen LogP contribution in [-0.4, -0.2) is 29.7 Å². The van der Waals surface area contributed by atoms with Gasteiger partial charge in [0.2, 0.25) is 0 Å². The van der Waals surface area contributed by atoms with Crippen LogP contribution in [0.3, 0.4) is 0 Å². The van der Waals surface area contributed by atoms with E-state index in [0.29, 0.717) is 24.3 Å². The molecule has 6 nitrogen and oxygen atoms in total. The largest absolute Gasteiger partial charge is 0.463 e. The molecule has 146 valence electrons. The first-order chi connectivity index (χ1) is 14.1. The van der Waals surface area contributed by atoms with Gasteiger partial charge in [0, 0.05) is 23.3 Å². The highest BCUT2D eigenvalue weighted by atomic mass is 16.5. The lowest BCUT2D eigenvalue weighted by molar-refractivity contribution is -0.137. The number of carbonyl (C=O) groups is 2. The summed E-state index contributed by atoms with van der Waals surface area (Å²) in [4.78, 5) is 23.3. The van der Waals surface area contributed by atoms with Crippen molar-refractivity contribution < 1.29 is 19.1 Å². The molecule has 0 saturated heterocycles. The van der Waals surface area contributed by atoms with E-state index < -0.39 is 5.97 Å². The van der Waals surface area contributed by atoms with Crippen LogP contribution in [0, 0.1) is 11.3 Å². The summed E-state index contributed by atoms with van der Waals surface area (Å²) in [6.45, 7) is 4.15. The summed E-state index contributed by atoms with van der Waals surface area (Å²) >= 11 is 0. The molecule has 0 fully saturated rings. The van der Waals surface area contributed by atoms with Gasteiger partial charge in [-0.2, -0.15) is 5.26 Å². The van der Waals surface area contributed by atoms with Crippen molar-refractivity contribution in [1.82, 2.24) is 4.57 Å². The fourth-order valence-electron chi connectivity index (χ4n) is 2.98. The van der Waals surface area contributed by atoms with Crippen LogP contribution >= 0.6 is 0 Å². The van der Waals surface area contributed by atoms with Crippen LogP contribution < -0.4 is 0 Å². The zero-order valence-corrected chi connectivity index (χ0v) is 16.2. The average molecular weight is 388 g/mol. The van der Waals surface area contributed by atoms with E-state index in [-0.39, 0.29) is 5.97 Å². The molecule has 0 saturated carbocycles. The standard InChI is InChI=1S/C23H20N2O4/c1-3-28-22(26)12-6-16-5-11-21-20(13-16)18(14-24)15-25(21)19-9-7-17(8-10-19)23(27)29-4-2/h5-13,15H,3-4H2,1-2H3. The van der Waals surface area contributed by atoms with Crippen LogP contribution in [0.25, 0.3) is 22.7 Å². The Bertz CT molecular complexity index is 1120. The Balaban J connectivity index is 1.97. The van der Waals surface area contributed by atoms with Gasteiger partial charge in [-0.25, -0.2) is 9.59 Å². The molecule has 0 amide bonds. The highest BCUT2D eigenvalue weighted by Gasteiger charge is 2.12. The van der Waals surface area contributed by atoms with E-state index >= 15 is 0 Å². The van der Waals surface area contributed by atoms with Gasteiger partial charge in [0.05, 0.1) is 29.9 Å². The van der Waals surface area contributed by atoms with E-state index in [1.807, 2.05) is 22.8 Å². The molecule has 0 spiro atoms. The van der Waals surface area contributed by atoms with Crippen molar-refractivity contribution in [3.05, 3.63) is 71.4 Å². The monoisotopic (exact) mass is 388 g/mol. The molecule has 0 aliphatic carbocycles. The molecule has 3 rings (SSSR count). The van der Waals surface area contributed by atoms with Crippen LogP contribution in [0.15, 0.2) is 54.7 Å².